The van der Waals surface area contributed by atoms with Gasteiger partial charge in [0, 0.05) is 49.2 Å². The van der Waals surface area contributed by atoms with E-state index in [4.69, 9.17) is 4.98 Å². The van der Waals surface area contributed by atoms with Crippen LogP contribution >= 0.6 is 0 Å². The molecule has 1 aliphatic rings. The van der Waals surface area contributed by atoms with Crippen molar-refractivity contribution in [3.05, 3.63) is 96.3 Å². The van der Waals surface area contributed by atoms with Crippen LogP contribution in [0.3, 0.4) is 0 Å². The molecule has 31 heavy (non-hydrogen) atoms. The van der Waals surface area contributed by atoms with Crippen LogP contribution in [-0.4, -0.2) is 42.6 Å². The van der Waals surface area contributed by atoms with Gasteiger partial charge >= 0.3 is 0 Å². The van der Waals surface area contributed by atoms with E-state index in [1.54, 1.807) is 6.07 Å². The van der Waals surface area contributed by atoms with Gasteiger partial charge in [0.1, 0.15) is 11.6 Å². The predicted octanol–water partition coefficient (Wildman–Crippen LogP) is 5.41. The third kappa shape index (κ3) is 4.30. The highest BCUT2D eigenvalue weighted by molar-refractivity contribution is 5.94. The number of hydrogen-bond donors (Lipinski definition) is 0. The fourth-order valence-electron chi connectivity index (χ4n) is 4.34. The highest BCUT2D eigenvalue weighted by Crippen LogP contribution is 2.31. The molecule has 3 aromatic carbocycles. The summed E-state index contributed by atoms with van der Waals surface area (Å²) in [5.41, 5.74) is 3.70. The monoisotopic (exact) mass is 411 g/mol. The van der Waals surface area contributed by atoms with Crippen LogP contribution in [0.2, 0.25) is 0 Å². The Labute approximate surface area is 182 Å². The Morgan fingerprint density at radius 1 is 0.710 bits per heavy atom. The zero-order valence-electron chi connectivity index (χ0n) is 17.5. The Kier molecular flexibility index (Phi) is 5.63. The van der Waals surface area contributed by atoms with Gasteiger partial charge in [-0.3, -0.25) is 4.90 Å². The van der Waals surface area contributed by atoms with Gasteiger partial charge in [-0.05, 0) is 30.2 Å². The molecule has 1 fully saturated rings. The largest absolute Gasteiger partial charge is 0.354 e. The lowest BCUT2D eigenvalue weighted by Gasteiger charge is -2.35. The van der Waals surface area contributed by atoms with Gasteiger partial charge in [0.15, 0.2) is 0 Å². The van der Waals surface area contributed by atoms with Crippen LogP contribution < -0.4 is 4.90 Å². The summed E-state index contributed by atoms with van der Waals surface area (Å²) in [5, 5.41) is 1.03. The first-order chi connectivity index (χ1) is 15.3. The van der Waals surface area contributed by atoms with E-state index in [1.165, 1.54) is 11.6 Å². The molecule has 1 aromatic heterocycles. The summed E-state index contributed by atoms with van der Waals surface area (Å²) in [6, 6.07) is 27.8. The molecule has 0 bridgehead atoms. The van der Waals surface area contributed by atoms with Crippen LogP contribution in [-0.2, 0) is 6.42 Å². The highest BCUT2D eigenvalue weighted by Gasteiger charge is 2.19. The number of para-hydroxylation sites is 1. The van der Waals surface area contributed by atoms with Crippen molar-refractivity contribution in [2.45, 2.75) is 6.42 Å². The second-order valence-corrected chi connectivity index (χ2v) is 8.09. The maximum absolute atomic E-state index is 14.5. The molecule has 0 aliphatic carbocycles. The molecule has 3 nitrogen and oxygen atoms in total. The first-order valence-electron chi connectivity index (χ1n) is 10.9. The van der Waals surface area contributed by atoms with E-state index < -0.39 is 0 Å². The molecule has 1 aliphatic heterocycles. The average Bonchev–Trinajstić information content (AvgIpc) is 2.83. The summed E-state index contributed by atoms with van der Waals surface area (Å²) < 4.78 is 14.5. The summed E-state index contributed by atoms with van der Waals surface area (Å²) in [6.07, 6.45) is 1.08. The molecule has 4 aromatic rings. The van der Waals surface area contributed by atoms with E-state index in [0.29, 0.717) is 5.56 Å². The molecule has 0 saturated carbocycles. The van der Waals surface area contributed by atoms with Crippen molar-refractivity contribution in [1.29, 1.82) is 0 Å². The van der Waals surface area contributed by atoms with Gasteiger partial charge in [-0.2, -0.15) is 0 Å². The van der Waals surface area contributed by atoms with Crippen molar-refractivity contribution in [2.75, 3.05) is 37.6 Å². The van der Waals surface area contributed by atoms with Gasteiger partial charge in [0.25, 0.3) is 0 Å². The van der Waals surface area contributed by atoms with Gasteiger partial charge in [-0.25, -0.2) is 9.37 Å². The maximum atomic E-state index is 14.5. The molecule has 0 unspecified atom stereocenters. The fraction of sp³-hybridized carbons (Fsp3) is 0.222. The molecule has 0 spiro atoms. The summed E-state index contributed by atoms with van der Waals surface area (Å²) in [7, 11) is 0. The van der Waals surface area contributed by atoms with Gasteiger partial charge < -0.3 is 4.90 Å². The molecule has 2 heterocycles. The number of anilines is 1. The normalized spacial score (nSPS) is 14.8. The van der Waals surface area contributed by atoms with Crippen molar-refractivity contribution >= 4 is 16.7 Å². The minimum Gasteiger partial charge on any atom is -0.354 e. The van der Waals surface area contributed by atoms with Crippen LogP contribution in [0.4, 0.5) is 10.2 Å². The van der Waals surface area contributed by atoms with Gasteiger partial charge in [0.2, 0.25) is 0 Å². The second kappa shape index (κ2) is 8.86. The molecule has 0 atom stereocenters. The number of aromatic nitrogens is 1. The van der Waals surface area contributed by atoms with Crippen molar-refractivity contribution in [1.82, 2.24) is 9.88 Å². The average molecular weight is 412 g/mol. The quantitative estimate of drug-likeness (QED) is 0.438. The van der Waals surface area contributed by atoms with E-state index in [1.807, 2.05) is 30.3 Å². The Morgan fingerprint density at radius 3 is 2.26 bits per heavy atom. The Morgan fingerprint density at radius 2 is 1.45 bits per heavy atom. The number of hydrogen-bond acceptors (Lipinski definition) is 3. The number of rotatable bonds is 5. The van der Waals surface area contributed by atoms with E-state index in [9.17, 15) is 4.39 Å². The smallest absolute Gasteiger partial charge is 0.131 e. The molecule has 4 heteroatoms. The molecule has 0 N–H and O–H groups in total. The predicted molar refractivity (Wildman–Crippen MR) is 126 cm³/mol. The Hall–Kier alpha value is -3.24. The van der Waals surface area contributed by atoms with Crippen LogP contribution in [0.25, 0.3) is 22.0 Å². The van der Waals surface area contributed by atoms with E-state index in [2.05, 4.69) is 52.3 Å². The lowest BCUT2D eigenvalue weighted by atomic mass is 10.0. The fourth-order valence-corrected chi connectivity index (χ4v) is 4.34. The van der Waals surface area contributed by atoms with E-state index in [0.717, 1.165) is 61.4 Å². The standard InChI is InChI=1S/C27H26FN3/c28-25-12-5-4-10-23(25)24-11-6-9-22-13-14-26(29-27(22)24)31-19-17-30(18-20-31)16-15-21-7-2-1-3-8-21/h1-14H,15-20H2. The van der Waals surface area contributed by atoms with Crippen molar-refractivity contribution in [2.24, 2.45) is 0 Å². The summed E-state index contributed by atoms with van der Waals surface area (Å²) >= 11 is 0. The van der Waals surface area contributed by atoms with Gasteiger partial charge in [-0.15, -0.1) is 0 Å². The second-order valence-electron chi connectivity index (χ2n) is 8.09. The number of pyridine rings is 1. The topological polar surface area (TPSA) is 19.4 Å². The number of halogens is 1. The number of nitrogens with zero attached hydrogens (tertiary/aromatic N) is 3. The first kappa shape index (κ1) is 19.7. The Balaban J connectivity index is 1.32. The van der Waals surface area contributed by atoms with Crippen LogP contribution in [0, 0.1) is 5.82 Å². The molecular formula is C27H26FN3. The molecule has 0 amide bonds. The molecule has 0 radical (unpaired) electrons. The minimum absolute atomic E-state index is 0.214. The van der Waals surface area contributed by atoms with Crippen LogP contribution in [0.15, 0.2) is 84.9 Å². The third-order valence-electron chi connectivity index (χ3n) is 6.13. The number of benzene rings is 3. The van der Waals surface area contributed by atoms with E-state index in [-0.39, 0.29) is 5.82 Å². The zero-order chi connectivity index (χ0) is 21.0. The maximum Gasteiger partial charge on any atom is 0.131 e. The van der Waals surface area contributed by atoms with Gasteiger partial charge in [-0.1, -0.05) is 66.7 Å². The summed E-state index contributed by atoms with van der Waals surface area (Å²) in [4.78, 5) is 9.84. The number of fused-ring (bicyclic) bond motifs is 1. The SMILES string of the molecule is Fc1ccccc1-c1cccc2ccc(N3CCN(CCc4ccccc4)CC3)nc12. The third-order valence-corrected chi connectivity index (χ3v) is 6.13. The lowest BCUT2D eigenvalue weighted by molar-refractivity contribution is 0.260. The van der Waals surface area contributed by atoms with E-state index >= 15 is 0 Å². The molecule has 1 saturated heterocycles. The van der Waals surface area contributed by atoms with Crippen LogP contribution in [0.5, 0.6) is 0 Å². The van der Waals surface area contributed by atoms with Crippen LogP contribution in [0.1, 0.15) is 5.56 Å². The van der Waals surface area contributed by atoms with Gasteiger partial charge in [0.05, 0.1) is 5.52 Å². The lowest BCUT2D eigenvalue weighted by Crippen LogP contribution is -2.47. The molecule has 156 valence electrons. The molecule has 5 rings (SSSR count). The number of piperazine rings is 1. The minimum atomic E-state index is -0.214. The summed E-state index contributed by atoms with van der Waals surface area (Å²) in [6.45, 7) is 5.05. The summed E-state index contributed by atoms with van der Waals surface area (Å²) in [5.74, 6) is 0.758. The zero-order valence-corrected chi connectivity index (χ0v) is 17.5. The Bertz CT molecular complexity index is 1170. The van der Waals surface area contributed by atoms with Crippen molar-refractivity contribution in [3.8, 4) is 11.1 Å². The van der Waals surface area contributed by atoms with Crippen molar-refractivity contribution < 1.29 is 4.39 Å². The highest BCUT2D eigenvalue weighted by atomic mass is 19.1. The molecular weight excluding hydrogens is 385 g/mol. The first-order valence-corrected chi connectivity index (χ1v) is 10.9. The van der Waals surface area contributed by atoms with Crippen molar-refractivity contribution in [3.63, 3.8) is 0 Å².